The van der Waals surface area contributed by atoms with Gasteiger partial charge in [0.2, 0.25) is 5.91 Å². The number of allylic oxidation sites excluding steroid dienone is 9. The van der Waals surface area contributed by atoms with Gasteiger partial charge in [-0.05, 0) is 57.8 Å². The molecule has 0 aromatic carbocycles. The third-order valence-electron chi connectivity index (χ3n) is 16.3. The Labute approximate surface area is 483 Å². The second-order valence-electron chi connectivity index (χ2n) is 23.9. The summed E-state index contributed by atoms with van der Waals surface area (Å²) in [5.74, 6) is -0.0559. The van der Waals surface area contributed by atoms with E-state index in [4.69, 9.17) is 0 Å². The molecule has 0 saturated heterocycles. The molecule has 0 saturated carbocycles. The van der Waals surface area contributed by atoms with E-state index in [-0.39, 0.29) is 12.5 Å². The van der Waals surface area contributed by atoms with Crippen molar-refractivity contribution in [1.82, 2.24) is 5.32 Å². The molecule has 0 heterocycles. The molecule has 0 spiro atoms. The van der Waals surface area contributed by atoms with Gasteiger partial charge in [-0.1, -0.05) is 376 Å². The molecular formula is C73H137NO3. The Morgan fingerprint density at radius 2 is 0.571 bits per heavy atom. The maximum atomic E-state index is 12.5. The van der Waals surface area contributed by atoms with Crippen molar-refractivity contribution in [2.75, 3.05) is 6.61 Å². The first kappa shape index (κ1) is 75.1. The zero-order chi connectivity index (χ0) is 55.5. The minimum absolute atomic E-state index is 0.0559. The van der Waals surface area contributed by atoms with Crippen molar-refractivity contribution in [2.24, 2.45) is 0 Å². The molecule has 4 nitrogen and oxygen atoms in total. The van der Waals surface area contributed by atoms with Crippen molar-refractivity contribution in [3.8, 4) is 0 Å². The van der Waals surface area contributed by atoms with Crippen LogP contribution in [0.25, 0.3) is 0 Å². The van der Waals surface area contributed by atoms with Gasteiger partial charge in [0, 0.05) is 6.42 Å². The number of nitrogens with one attached hydrogen (secondary N) is 1. The second-order valence-corrected chi connectivity index (χ2v) is 23.9. The monoisotopic (exact) mass is 1080 g/mol. The van der Waals surface area contributed by atoms with Crippen molar-refractivity contribution >= 4 is 5.91 Å². The average Bonchev–Trinajstić information content (AvgIpc) is 3.43. The zero-order valence-corrected chi connectivity index (χ0v) is 52.2. The molecule has 3 N–H and O–H groups in total. The summed E-state index contributed by atoms with van der Waals surface area (Å²) < 4.78 is 0. The van der Waals surface area contributed by atoms with E-state index in [1.165, 1.54) is 308 Å². The van der Waals surface area contributed by atoms with Crippen LogP contribution in [-0.4, -0.2) is 34.9 Å². The van der Waals surface area contributed by atoms with Gasteiger partial charge < -0.3 is 15.5 Å². The number of carbonyl (C=O) groups excluding carboxylic acids is 1. The SMILES string of the molecule is CC/C=C\C/C=C\C/C=C\C/C=C\CCCCCCCCCCCCCCCCCCCCCCCCCCCCCCC(=O)NC(CO)C(O)/C=C/CCCCCCCCCCCCCCCCCCCCCCCC. The lowest BCUT2D eigenvalue weighted by Crippen LogP contribution is -2.45. The van der Waals surface area contributed by atoms with E-state index in [2.05, 4.69) is 67.8 Å². The van der Waals surface area contributed by atoms with Crippen LogP contribution in [-0.2, 0) is 4.79 Å². The third-order valence-corrected chi connectivity index (χ3v) is 16.3. The molecule has 2 unspecified atom stereocenters. The molecule has 0 bridgehead atoms. The van der Waals surface area contributed by atoms with Crippen LogP contribution in [0.3, 0.4) is 0 Å². The Balaban J connectivity index is 3.39. The molecule has 77 heavy (non-hydrogen) atoms. The molecule has 1 amide bonds. The highest BCUT2D eigenvalue weighted by Crippen LogP contribution is 2.19. The summed E-state index contributed by atoms with van der Waals surface area (Å²) in [4.78, 5) is 12.5. The van der Waals surface area contributed by atoms with Crippen molar-refractivity contribution in [3.05, 3.63) is 60.8 Å². The van der Waals surface area contributed by atoms with E-state index in [0.717, 1.165) is 51.4 Å². The Kier molecular flexibility index (Phi) is 66.7. The highest BCUT2D eigenvalue weighted by Gasteiger charge is 2.18. The smallest absolute Gasteiger partial charge is 0.220 e. The van der Waals surface area contributed by atoms with Crippen LogP contribution in [0, 0.1) is 0 Å². The van der Waals surface area contributed by atoms with Gasteiger partial charge in [-0.3, -0.25) is 4.79 Å². The molecule has 0 aromatic heterocycles. The van der Waals surface area contributed by atoms with Crippen LogP contribution < -0.4 is 5.32 Å². The quantitative estimate of drug-likeness (QED) is 0.0420. The molecular weight excluding hydrogens is 939 g/mol. The summed E-state index contributed by atoms with van der Waals surface area (Å²) in [6, 6.07) is -0.622. The molecule has 0 aromatic rings. The number of rotatable bonds is 65. The fraction of sp³-hybridized carbons (Fsp3) is 0.849. The van der Waals surface area contributed by atoms with Crippen molar-refractivity contribution in [1.29, 1.82) is 0 Å². The van der Waals surface area contributed by atoms with Crippen LogP contribution in [0.5, 0.6) is 0 Å². The fourth-order valence-electron chi connectivity index (χ4n) is 11.0. The maximum absolute atomic E-state index is 12.5. The van der Waals surface area contributed by atoms with E-state index >= 15 is 0 Å². The first-order valence-corrected chi connectivity index (χ1v) is 35.0. The van der Waals surface area contributed by atoms with E-state index in [0.29, 0.717) is 6.42 Å². The standard InChI is InChI=1S/C73H137NO3/c1-3-5-7-9-11-13-15-17-19-21-23-25-27-29-30-31-32-33-34-35-36-37-38-39-40-41-42-43-44-45-47-49-51-53-55-57-59-61-63-65-67-69-73(77)74-71(70-75)72(76)68-66-64-62-60-58-56-54-52-50-48-46-28-26-24-22-20-18-16-14-12-10-8-6-4-2/h5,7,11,13,17,19,23,25,66,68,71-72,75-76H,3-4,6,8-10,12,14-16,18,20-22,24,26-65,67,69-70H2,1-2H3,(H,74,77)/b7-5-,13-11-,19-17-,25-23-,68-66+. The third kappa shape index (κ3) is 64.8. The minimum Gasteiger partial charge on any atom is -0.394 e. The van der Waals surface area contributed by atoms with E-state index < -0.39 is 12.1 Å². The average molecular weight is 1080 g/mol. The Morgan fingerprint density at radius 3 is 0.857 bits per heavy atom. The second kappa shape index (κ2) is 68.4. The number of aliphatic hydroxyl groups excluding tert-OH is 2. The van der Waals surface area contributed by atoms with Crippen molar-refractivity contribution < 1.29 is 15.0 Å². The summed E-state index contributed by atoms with van der Waals surface area (Å²) in [6.45, 7) is 4.24. The van der Waals surface area contributed by atoms with Gasteiger partial charge in [0.25, 0.3) is 0 Å². The number of aliphatic hydroxyl groups is 2. The predicted octanol–water partition coefficient (Wildman–Crippen LogP) is 23.9. The van der Waals surface area contributed by atoms with Gasteiger partial charge in [0.15, 0.2) is 0 Å². The summed E-state index contributed by atoms with van der Waals surface area (Å²) in [5.41, 5.74) is 0. The molecule has 0 aliphatic rings. The van der Waals surface area contributed by atoms with Crippen molar-refractivity contribution in [3.63, 3.8) is 0 Å². The summed E-state index contributed by atoms with van der Waals surface area (Å²) in [7, 11) is 0. The number of hydrogen-bond acceptors (Lipinski definition) is 3. The van der Waals surface area contributed by atoms with Gasteiger partial charge in [0.1, 0.15) is 0 Å². The zero-order valence-electron chi connectivity index (χ0n) is 52.2. The number of unbranched alkanes of at least 4 members (excludes halogenated alkanes) is 50. The number of hydrogen-bond donors (Lipinski definition) is 3. The molecule has 4 heteroatoms. The fourth-order valence-corrected chi connectivity index (χ4v) is 11.0. The van der Waals surface area contributed by atoms with Gasteiger partial charge in [0.05, 0.1) is 18.8 Å². The largest absolute Gasteiger partial charge is 0.394 e. The van der Waals surface area contributed by atoms with Gasteiger partial charge in [-0.25, -0.2) is 0 Å². The molecule has 0 fully saturated rings. The van der Waals surface area contributed by atoms with Gasteiger partial charge in [-0.2, -0.15) is 0 Å². The lowest BCUT2D eigenvalue weighted by atomic mass is 10.0. The predicted molar refractivity (Wildman–Crippen MR) is 345 cm³/mol. The van der Waals surface area contributed by atoms with Crippen LogP contribution in [0.15, 0.2) is 60.8 Å². The lowest BCUT2D eigenvalue weighted by Gasteiger charge is -2.20. The number of carbonyl (C=O) groups is 1. The number of amides is 1. The summed E-state index contributed by atoms with van der Waals surface area (Å²) >= 11 is 0. The maximum Gasteiger partial charge on any atom is 0.220 e. The van der Waals surface area contributed by atoms with Crippen LogP contribution in [0.1, 0.15) is 380 Å². The van der Waals surface area contributed by atoms with Crippen LogP contribution >= 0.6 is 0 Å². The van der Waals surface area contributed by atoms with E-state index in [1.807, 2.05) is 6.08 Å². The van der Waals surface area contributed by atoms with E-state index in [1.54, 1.807) is 6.08 Å². The minimum atomic E-state index is -0.839. The van der Waals surface area contributed by atoms with Gasteiger partial charge in [-0.15, -0.1) is 0 Å². The van der Waals surface area contributed by atoms with Gasteiger partial charge >= 0.3 is 0 Å². The highest BCUT2D eigenvalue weighted by atomic mass is 16.3. The summed E-state index contributed by atoms with van der Waals surface area (Å²) in [5, 5.41) is 23.3. The molecule has 0 aliphatic heterocycles. The van der Waals surface area contributed by atoms with Crippen molar-refractivity contribution in [2.45, 2.75) is 392 Å². The first-order valence-electron chi connectivity index (χ1n) is 35.0. The Hall–Kier alpha value is -1.91. The lowest BCUT2D eigenvalue weighted by molar-refractivity contribution is -0.123. The molecule has 452 valence electrons. The molecule has 0 radical (unpaired) electrons. The van der Waals surface area contributed by atoms with E-state index in [9.17, 15) is 15.0 Å². The van der Waals surface area contributed by atoms with Crippen LogP contribution in [0.2, 0.25) is 0 Å². The highest BCUT2D eigenvalue weighted by molar-refractivity contribution is 5.76. The molecule has 2 atom stereocenters. The summed E-state index contributed by atoms with van der Waals surface area (Å²) in [6.07, 6.45) is 97.5. The van der Waals surface area contributed by atoms with Crippen LogP contribution in [0.4, 0.5) is 0 Å². The first-order chi connectivity index (χ1) is 38.2. The Morgan fingerprint density at radius 1 is 0.325 bits per heavy atom. The normalized spacial score (nSPS) is 13.0. The molecule has 0 aliphatic carbocycles. The molecule has 0 rings (SSSR count). The Bertz CT molecular complexity index is 1270. The topological polar surface area (TPSA) is 69.6 Å².